The van der Waals surface area contributed by atoms with Gasteiger partial charge < -0.3 is 11.1 Å². The van der Waals surface area contributed by atoms with Gasteiger partial charge in [-0.3, -0.25) is 0 Å². The molecule has 2 aromatic rings. The van der Waals surface area contributed by atoms with E-state index >= 15 is 0 Å². The van der Waals surface area contributed by atoms with Gasteiger partial charge in [-0.25, -0.2) is 14.4 Å². The quantitative estimate of drug-likeness (QED) is 0.850. The second-order valence-corrected chi connectivity index (χ2v) is 3.74. The molecule has 0 unspecified atom stereocenters. The topological polar surface area (TPSA) is 63.8 Å². The van der Waals surface area contributed by atoms with Gasteiger partial charge in [0.1, 0.15) is 5.82 Å². The molecule has 7 heteroatoms. The highest BCUT2D eigenvalue weighted by atomic mass is 35.5. The van der Waals surface area contributed by atoms with Crippen LogP contribution in [-0.2, 0) is 0 Å². The number of para-hydroxylation sites is 1. The van der Waals surface area contributed by atoms with Crippen molar-refractivity contribution < 1.29 is 4.39 Å². The fraction of sp³-hybridized carbons (Fsp3) is 0.143. The maximum atomic E-state index is 13.4. The lowest BCUT2D eigenvalue weighted by molar-refractivity contribution is 0.631. The molecule has 0 aliphatic carbocycles. The van der Waals surface area contributed by atoms with Gasteiger partial charge >= 0.3 is 0 Å². The Morgan fingerprint density at radius 1 is 1.14 bits per heavy atom. The summed E-state index contributed by atoms with van der Waals surface area (Å²) in [5, 5.41) is 2.80. The van der Waals surface area contributed by atoms with Crippen molar-refractivity contribution in [1.82, 2.24) is 9.97 Å². The van der Waals surface area contributed by atoms with Gasteiger partial charge in [0.15, 0.2) is 0 Å². The number of hydrogen-bond acceptors (Lipinski definition) is 4. The summed E-state index contributed by atoms with van der Waals surface area (Å²) >= 11 is 0. The van der Waals surface area contributed by atoms with Crippen LogP contribution in [0.1, 0.15) is 12.0 Å². The van der Waals surface area contributed by atoms with Gasteiger partial charge in [-0.15, -0.1) is 24.8 Å². The van der Waals surface area contributed by atoms with E-state index in [1.165, 1.54) is 6.07 Å². The highest BCUT2D eigenvalue weighted by Gasteiger charge is 2.02. The second kappa shape index (κ2) is 9.94. The standard InChI is InChI=1S/C14H13FN4.2ClH/c15-12-6-1-2-7-13(12)19-14-17-9-11(10-18-14)5-3-4-8-16;;/h1-2,6-7,9-10H,4,8,16H2,(H,17,18,19);2*1H. The molecule has 4 nitrogen and oxygen atoms in total. The summed E-state index contributed by atoms with van der Waals surface area (Å²) in [4.78, 5) is 8.14. The SMILES string of the molecule is Cl.Cl.NCCC#Cc1cnc(Nc2ccccc2F)nc1. The molecule has 0 fully saturated rings. The predicted molar refractivity (Wildman–Crippen MR) is 86.8 cm³/mol. The van der Waals surface area contributed by atoms with Gasteiger partial charge in [0, 0.05) is 25.4 Å². The molecule has 112 valence electrons. The van der Waals surface area contributed by atoms with E-state index in [-0.39, 0.29) is 30.6 Å². The Morgan fingerprint density at radius 3 is 2.43 bits per heavy atom. The van der Waals surface area contributed by atoms with Crippen LogP contribution in [-0.4, -0.2) is 16.5 Å². The first-order valence-electron chi connectivity index (χ1n) is 5.82. The van der Waals surface area contributed by atoms with Crippen LogP contribution in [0.15, 0.2) is 36.7 Å². The minimum absolute atomic E-state index is 0. The Morgan fingerprint density at radius 2 is 1.81 bits per heavy atom. The first-order chi connectivity index (χ1) is 9.29. The van der Waals surface area contributed by atoms with Crippen molar-refractivity contribution in [2.45, 2.75) is 6.42 Å². The van der Waals surface area contributed by atoms with Crippen LogP contribution in [0.3, 0.4) is 0 Å². The van der Waals surface area contributed by atoms with Crippen LogP contribution in [0.2, 0.25) is 0 Å². The Balaban J connectivity index is 0.00000200. The summed E-state index contributed by atoms with van der Waals surface area (Å²) in [7, 11) is 0. The largest absolute Gasteiger partial charge is 0.330 e. The molecule has 0 aliphatic rings. The summed E-state index contributed by atoms with van der Waals surface area (Å²) in [6.07, 6.45) is 3.80. The van der Waals surface area contributed by atoms with Crippen LogP contribution in [0.5, 0.6) is 0 Å². The number of rotatable bonds is 3. The van der Waals surface area contributed by atoms with Gasteiger partial charge in [0.2, 0.25) is 5.95 Å². The van der Waals surface area contributed by atoms with Crippen LogP contribution in [0.4, 0.5) is 16.0 Å². The van der Waals surface area contributed by atoms with Crippen LogP contribution in [0.25, 0.3) is 0 Å². The fourth-order valence-corrected chi connectivity index (χ4v) is 1.38. The van der Waals surface area contributed by atoms with Crippen molar-refractivity contribution in [2.75, 3.05) is 11.9 Å². The summed E-state index contributed by atoms with van der Waals surface area (Å²) < 4.78 is 13.4. The fourth-order valence-electron chi connectivity index (χ4n) is 1.38. The first kappa shape index (κ1) is 19.1. The zero-order valence-corrected chi connectivity index (χ0v) is 12.7. The molecule has 3 N–H and O–H groups in total. The molecule has 0 bridgehead atoms. The lowest BCUT2D eigenvalue weighted by atomic mass is 10.3. The Bertz CT molecular complexity index is 608. The number of anilines is 2. The number of halogens is 3. The van der Waals surface area contributed by atoms with E-state index in [4.69, 9.17) is 5.73 Å². The maximum Gasteiger partial charge on any atom is 0.227 e. The molecular weight excluding hydrogens is 314 g/mol. The first-order valence-corrected chi connectivity index (χ1v) is 5.82. The van der Waals surface area contributed by atoms with E-state index in [9.17, 15) is 4.39 Å². The van der Waals surface area contributed by atoms with Crippen LogP contribution < -0.4 is 11.1 Å². The molecule has 0 atom stereocenters. The molecule has 1 aromatic heterocycles. The van der Waals surface area contributed by atoms with Crippen LogP contribution >= 0.6 is 24.8 Å². The Hall–Kier alpha value is -1.87. The normalized spacial score (nSPS) is 8.67. The minimum Gasteiger partial charge on any atom is -0.330 e. The van der Waals surface area contributed by atoms with E-state index in [1.807, 2.05) is 0 Å². The van der Waals surface area contributed by atoms with Crippen molar-refractivity contribution in [3.8, 4) is 11.8 Å². The van der Waals surface area contributed by atoms with Crippen molar-refractivity contribution in [2.24, 2.45) is 5.73 Å². The molecule has 0 saturated carbocycles. The molecular formula is C14H15Cl2FN4. The number of benzene rings is 1. The summed E-state index contributed by atoms with van der Waals surface area (Å²) in [6, 6.07) is 6.35. The van der Waals surface area contributed by atoms with Gasteiger partial charge in [-0.05, 0) is 12.1 Å². The lowest BCUT2D eigenvalue weighted by Crippen LogP contribution is -1.99. The molecule has 0 aliphatic heterocycles. The zero-order valence-electron chi connectivity index (χ0n) is 11.0. The second-order valence-electron chi connectivity index (χ2n) is 3.74. The third-order valence-electron chi connectivity index (χ3n) is 2.27. The molecule has 0 spiro atoms. The maximum absolute atomic E-state index is 13.4. The van der Waals surface area contributed by atoms with E-state index in [0.29, 0.717) is 30.2 Å². The molecule has 1 aromatic carbocycles. The lowest BCUT2D eigenvalue weighted by Gasteiger charge is -2.04. The monoisotopic (exact) mass is 328 g/mol. The van der Waals surface area contributed by atoms with E-state index < -0.39 is 0 Å². The Labute approximate surface area is 135 Å². The van der Waals surface area contributed by atoms with Crippen molar-refractivity contribution in [1.29, 1.82) is 0 Å². The van der Waals surface area contributed by atoms with Crippen LogP contribution in [0, 0.1) is 17.7 Å². The van der Waals surface area contributed by atoms with Gasteiger partial charge in [0.05, 0.1) is 11.3 Å². The molecule has 0 radical (unpaired) electrons. The summed E-state index contributed by atoms with van der Waals surface area (Å²) in [5.74, 6) is 5.76. The molecule has 2 rings (SSSR count). The number of nitrogens with two attached hydrogens (primary N) is 1. The summed E-state index contributed by atoms with van der Waals surface area (Å²) in [6.45, 7) is 0.529. The highest BCUT2D eigenvalue weighted by molar-refractivity contribution is 5.85. The van der Waals surface area contributed by atoms with Crippen molar-refractivity contribution >= 4 is 36.4 Å². The molecule has 0 saturated heterocycles. The smallest absolute Gasteiger partial charge is 0.227 e. The van der Waals surface area contributed by atoms with Gasteiger partial charge in [-0.2, -0.15) is 0 Å². The van der Waals surface area contributed by atoms with Crippen molar-refractivity contribution in [3.63, 3.8) is 0 Å². The van der Waals surface area contributed by atoms with Crippen molar-refractivity contribution in [3.05, 3.63) is 48.0 Å². The van der Waals surface area contributed by atoms with E-state index in [1.54, 1.807) is 30.6 Å². The molecule has 1 heterocycles. The zero-order chi connectivity index (χ0) is 13.5. The minimum atomic E-state index is -0.349. The predicted octanol–water partition coefficient (Wildman–Crippen LogP) is 2.90. The van der Waals surface area contributed by atoms with E-state index in [0.717, 1.165) is 0 Å². The van der Waals surface area contributed by atoms with Gasteiger partial charge in [-0.1, -0.05) is 24.0 Å². The number of nitrogens with zero attached hydrogens (tertiary/aromatic N) is 2. The third-order valence-corrected chi connectivity index (χ3v) is 2.27. The summed E-state index contributed by atoms with van der Waals surface area (Å²) in [5.41, 5.74) is 6.38. The Kier molecular flexibility index (Phi) is 9.06. The number of aromatic nitrogens is 2. The average Bonchev–Trinajstić information content (AvgIpc) is 2.44. The highest BCUT2D eigenvalue weighted by Crippen LogP contribution is 2.16. The number of hydrogen-bond donors (Lipinski definition) is 2. The molecule has 0 amide bonds. The van der Waals surface area contributed by atoms with Gasteiger partial charge in [0.25, 0.3) is 0 Å². The number of nitrogens with one attached hydrogen (secondary N) is 1. The average molecular weight is 329 g/mol. The third kappa shape index (κ3) is 5.96. The molecule has 21 heavy (non-hydrogen) atoms. The van der Waals surface area contributed by atoms with E-state index in [2.05, 4.69) is 27.1 Å².